The lowest BCUT2D eigenvalue weighted by atomic mass is 9.89. The van der Waals surface area contributed by atoms with Gasteiger partial charge >= 0.3 is 18.0 Å². The lowest BCUT2D eigenvalue weighted by molar-refractivity contribution is -0.148. The summed E-state index contributed by atoms with van der Waals surface area (Å²) < 4.78 is 16.2. The molecule has 3 aromatic rings. The summed E-state index contributed by atoms with van der Waals surface area (Å²) in [5.74, 6) is -1.09. The first-order chi connectivity index (χ1) is 19.3. The molecular weight excluding hydrogens is 520 g/mol. The molecule has 0 unspecified atom stereocenters. The van der Waals surface area contributed by atoms with Crippen molar-refractivity contribution in [3.8, 4) is 11.1 Å². The van der Waals surface area contributed by atoms with Crippen molar-refractivity contribution >= 4 is 18.0 Å². The number of nitrogens with zero attached hydrogens (tertiary/aromatic N) is 1. The van der Waals surface area contributed by atoms with Crippen molar-refractivity contribution < 1.29 is 28.6 Å². The molecule has 2 aromatic carbocycles. The van der Waals surface area contributed by atoms with Crippen molar-refractivity contribution in [1.29, 1.82) is 0 Å². The number of amides is 1. The average Bonchev–Trinajstić information content (AvgIpc) is 2.89. The van der Waals surface area contributed by atoms with E-state index in [1.807, 2.05) is 61.5 Å². The molecule has 1 heterocycles. The van der Waals surface area contributed by atoms with Gasteiger partial charge in [0.05, 0.1) is 11.3 Å². The van der Waals surface area contributed by atoms with Gasteiger partial charge in [-0.2, -0.15) is 0 Å². The Balaban J connectivity index is 1.97. The Bertz CT molecular complexity index is 1360. The molecule has 0 aliphatic heterocycles. The number of carbonyl (C=O) groups is 3. The third-order valence-corrected chi connectivity index (χ3v) is 6.08. The van der Waals surface area contributed by atoms with E-state index >= 15 is 0 Å². The first-order valence-corrected chi connectivity index (χ1v) is 13.8. The van der Waals surface area contributed by atoms with Crippen LogP contribution in [0.2, 0.25) is 0 Å². The molecule has 0 radical (unpaired) electrons. The van der Waals surface area contributed by atoms with Crippen LogP contribution >= 0.6 is 0 Å². The summed E-state index contributed by atoms with van der Waals surface area (Å²) >= 11 is 0. The molecule has 1 N–H and O–H groups in total. The fourth-order valence-corrected chi connectivity index (χ4v) is 4.29. The summed E-state index contributed by atoms with van der Waals surface area (Å²) in [4.78, 5) is 43.3. The second-order valence-corrected chi connectivity index (χ2v) is 11.4. The molecule has 3 rings (SSSR count). The predicted octanol–water partition coefficient (Wildman–Crippen LogP) is 6.49. The molecule has 8 nitrogen and oxygen atoms in total. The molecule has 8 heteroatoms. The van der Waals surface area contributed by atoms with E-state index in [1.165, 1.54) is 0 Å². The van der Waals surface area contributed by atoms with Gasteiger partial charge in [-0.1, -0.05) is 74.0 Å². The van der Waals surface area contributed by atoms with Gasteiger partial charge in [-0.15, -0.1) is 0 Å². The standard InChI is InChI=1S/C33H40N2O6/c1-21(2)17-27-26(18-34-32(38)41-33(5,6)7)30(25-15-13-22(3)14-16-25)29(23(4)35-27)31(37)40-20-28(36)39-19-24-11-9-8-10-12-24/h8-16,21H,17-20H2,1-7H3,(H,34,38). The Kier molecular flexibility index (Phi) is 10.6. The summed E-state index contributed by atoms with van der Waals surface area (Å²) in [6.45, 7) is 12.9. The molecule has 41 heavy (non-hydrogen) atoms. The fourth-order valence-electron chi connectivity index (χ4n) is 4.29. The zero-order chi connectivity index (χ0) is 30.2. The van der Waals surface area contributed by atoms with Crippen LogP contribution in [0.1, 0.15) is 73.1 Å². The number of pyridine rings is 1. The van der Waals surface area contributed by atoms with E-state index in [2.05, 4.69) is 19.2 Å². The Labute approximate surface area is 242 Å². The normalized spacial score (nSPS) is 11.2. The Morgan fingerprint density at radius 3 is 2.20 bits per heavy atom. The van der Waals surface area contributed by atoms with Crippen molar-refractivity contribution in [1.82, 2.24) is 10.3 Å². The highest BCUT2D eigenvalue weighted by Gasteiger charge is 2.27. The van der Waals surface area contributed by atoms with Crippen molar-refractivity contribution in [2.45, 2.75) is 73.6 Å². The maximum Gasteiger partial charge on any atom is 0.407 e. The van der Waals surface area contributed by atoms with Crippen LogP contribution in [0.4, 0.5) is 4.79 Å². The third kappa shape index (κ3) is 9.45. The topological polar surface area (TPSA) is 104 Å². The fraction of sp³-hybridized carbons (Fsp3) is 0.394. The summed E-state index contributed by atoms with van der Waals surface area (Å²) in [5, 5.41) is 2.83. The zero-order valence-electron chi connectivity index (χ0n) is 25.0. The number of esters is 2. The number of hydrogen-bond acceptors (Lipinski definition) is 7. The Hall–Kier alpha value is -4.20. The van der Waals surface area contributed by atoms with Gasteiger partial charge in [0.1, 0.15) is 12.2 Å². The van der Waals surface area contributed by atoms with E-state index in [4.69, 9.17) is 19.2 Å². The van der Waals surface area contributed by atoms with Crippen LogP contribution in [0.15, 0.2) is 54.6 Å². The van der Waals surface area contributed by atoms with Crippen molar-refractivity contribution in [2.24, 2.45) is 5.92 Å². The number of aryl methyl sites for hydroxylation is 2. The molecule has 0 bridgehead atoms. The number of alkyl carbamates (subject to hydrolysis) is 1. The molecule has 0 saturated heterocycles. The van der Waals surface area contributed by atoms with Gasteiger partial charge in [-0.05, 0) is 58.1 Å². The van der Waals surface area contributed by atoms with Gasteiger partial charge in [0.2, 0.25) is 0 Å². The first-order valence-electron chi connectivity index (χ1n) is 13.8. The smallest absolute Gasteiger partial charge is 0.407 e. The number of ether oxygens (including phenoxy) is 3. The molecule has 1 amide bonds. The van der Waals surface area contributed by atoms with Gasteiger partial charge < -0.3 is 19.5 Å². The monoisotopic (exact) mass is 560 g/mol. The second kappa shape index (κ2) is 13.9. The average molecular weight is 561 g/mol. The molecule has 1 aromatic heterocycles. The Morgan fingerprint density at radius 1 is 0.927 bits per heavy atom. The van der Waals surface area contributed by atoms with Crippen molar-refractivity contribution in [3.05, 3.63) is 88.2 Å². The summed E-state index contributed by atoms with van der Waals surface area (Å²) in [6.07, 6.45) is 0.0559. The molecule has 0 saturated carbocycles. The van der Waals surface area contributed by atoms with Crippen LogP contribution < -0.4 is 5.32 Å². The van der Waals surface area contributed by atoms with E-state index in [9.17, 15) is 14.4 Å². The lowest BCUT2D eigenvalue weighted by Crippen LogP contribution is -2.33. The predicted molar refractivity (Wildman–Crippen MR) is 157 cm³/mol. The minimum absolute atomic E-state index is 0.0802. The van der Waals surface area contributed by atoms with E-state index in [-0.39, 0.29) is 24.6 Å². The van der Waals surface area contributed by atoms with Gasteiger partial charge in [0.15, 0.2) is 6.61 Å². The molecular formula is C33H40N2O6. The van der Waals surface area contributed by atoms with Crippen LogP contribution in [-0.4, -0.2) is 35.2 Å². The maximum absolute atomic E-state index is 13.5. The number of benzene rings is 2. The molecule has 0 aliphatic carbocycles. The van der Waals surface area contributed by atoms with Crippen molar-refractivity contribution in [2.75, 3.05) is 6.61 Å². The van der Waals surface area contributed by atoms with Crippen LogP contribution in [-0.2, 0) is 38.6 Å². The van der Waals surface area contributed by atoms with Gasteiger partial charge in [0, 0.05) is 23.4 Å². The molecule has 0 atom stereocenters. The van der Waals surface area contributed by atoms with E-state index in [0.29, 0.717) is 23.2 Å². The van der Waals surface area contributed by atoms with E-state index in [1.54, 1.807) is 27.7 Å². The quantitative estimate of drug-likeness (QED) is 0.223. The largest absolute Gasteiger partial charge is 0.458 e. The van der Waals surface area contributed by atoms with Gasteiger partial charge in [-0.3, -0.25) is 4.98 Å². The highest BCUT2D eigenvalue weighted by molar-refractivity contribution is 6.00. The lowest BCUT2D eigenvalue weighted by Gasteiger charge is -2.23. The molecule has 0 fully saturated rings. The minimum Gasteiger partial charge on any atom is -0.458 e. The number of nitrogens with one attached hydrogen (secondary N) is 1. The third-order valence-electron chi connectivity index (χ3n) is 6.08. The number of rotatable bonds is 10. The highest BCUT2D eigenvalue weighted by atomic mass is 16.6. The van der Waals surface area contributed by atoms with E-state index < -0.39 is 30.2 Å². The van der Waals surface area contributed by atoms with Crippen LogP contribution in [0.25, 0.3) is 11.1 Å². The van der Waals surface area contributed by atoms with Crippen molar-refractivity contribution in [3.63, 3.8) is 0 Å². The first kappa shape index (κ1) is 31.3. The number of carbonyl (C=O) groups excluding carboxylic acids is 3. The number of aromatic nitrogens is 1. The maximum atomic E-state index is 13.5. The zero-order valence-corrected chi connectivity index (χ0v) is 25.0. The highest BCUT2D eigenvalue weighted by Crippen LogP contribution is 2.33. The molecule has 0 aliphatic rings. The molecule has 0 spiro atoms. The van der Waals surface area contributed by atoms with Crippen LogP contribution in [0.3, 0.4) is 0 Å². The summed E-state index contributed by atoms with van der Waals surface area (Å²) in [7, 11) is 0. The van der Waals surface area contributed by atoms with Gasteiger partial charge in [0.25, 0.3) is 0 Å². The summed E-state index contributed by atoms with van der Waals surface area (Å²) in [6, 6.07) is 17.0. The van der Waals surface area contributed by atoms with Gasteiger partial charge in [-0.25, -0.2) is 14.4 Å². The molecule has 218 valence electrons. The minimum atomic E-state index is -0.697. The number of hydrogen-bond donors (Lipinski definition) is 1. The van der Waals surface area contributed by atoms with Crippen LogP contribution in [0.5, 0.6) is 0 Å². The summed E-state index contributed by atoms with van der Waals surface area (Å²) in [5.41, 5.74) is 4.76. The van der Waals surface area contributed by atoms with Crippen LogP contribution in [0, 0.1) is 19.8 Å². The Morgan fingerprint density at radius 2 is 1.59 bits per heavy atom. The SMILES string of the molecule is Cc1ccc(-c2c(CNC(=O)OC(C)(C)C)c(CC(C)C)nc(C)c2C(=O)OCC(=O)OCc2ccccc2)cc1. The second-order valence-electron chi connectivity index (χ2n) is 11.4. The van der Waals surface area contributed by atoms with E-state index in [0.717, 1.165) is 22.4 Å².